The average molecular weight is 567 g/mol. The van der Waals surface area contributed by atoms with Gasteiger partial charge in [-0.2, -0.15) is 10.5 Å². The normalized spacial score (nSPS) is 10.8. The maximum Gasteiger partial charge on any atom is 0.573 e. The maximum absolute atomic E-state index is 12.4. The first-order chi connectivity index (χ1) is 19.0. The van der Waals surface area contributed by atoms with Gasteiger partial charge in [0, 0.05) is 26.2 Å². The minimum Gasteiger partial charge on any atom is -0.406 e. The SMILES string of the molecule is CNc1ccc(C#N)cc1[N+](=O)[O-].Cn1c(Nc2nc3ccc(OC(F)(F)F)cc3s2)nc2cc(C#N)ccc21. The van der Waals surface area contributed by atoms with E-state index in [1.165, 1.54) is 47.7 Å². The molecule has 2 heterocycles. The van der Waals surface area contributed by atoms with Crippen molar-refractivity contribution in [3.63, 3.8) is 0 Å². The summed E-state index contributed by atoms with van der Waals surface area (Å²) in [6.07, 6.45) is -4.74. The molecule has 202 valence electrons. The number of nitro groups is 1. The van der Waals surface area contributed by atoms with E-state index in [1.807, 2.05) is 13.1 Å². The molecule has 2 N–H and O–H groups in total. The zero-order chi connectivity index (χ0) is 29.0. The summed E-state index contributed by atoms with van der Waals surface area (Å²) in [5.41, 5.74) is 3.14. The lowest BCUT2D eigenvalue weighted by molar-refractivity contribution is -0.384. The van der Waals surface area contributed by atoms with Crippen LogP contribution in [0.25, 0.3) is 21.3 Å². The van der Waals surface area contributed by atoms with Gasteiger partial charge in [0.1, 0.15) is 11.4 Å². The van der Waals surface area contributed by atoms with Crippen molar-refractivity contribution >= 4 is 55.0 Å². The number of thiazole rings is 1. The number of rotatable bonds is 5. The van der Waals surface area contributed by atoms with Crippen LogP contribution in [0.1, 0.15) is 11.1 Å². The van der Waals surface area contributed by atoms with Gasteiger partial charge in [0.25, 0.3) is 5.69 Å². The second kappa shape index (κ2) is 11.1. The van der Waals surface area contributed by atoms with E-state index in [0.29, 0.717) is 38.1 Å². The highest BCUT2D eigenvalue weighted by Crippen LogP contribution is 2.33. The van der Waals surface area contributed by atoms with Crippen molar-refractivity contribution in [2.45, 2.75) is 6.36 Å². The van der Waals surface area contributed by atoms with Crippen molar-refractivity contribution in [3.8, 4) is 17.9 Å². The molecule has 3 aromatic carbocycles. The second-order valence-corrected chi connectivity index (χ2v) is 9.01. The van der Waals surface area contributed by atoms with Crippen LogP contribution in [0.2, 0.25) is 0 Å². The van der Waals surface area contributed by atoms with E-state index < -0.39 is 11.3 Å². The molecule has 5 aromatic rings. The Hall–Kier alpha value is -5.41. The van der Waals surface area contributed by atoms with Gasteiger partial charge in [-0.1, -0.05) is 11.3 Å². The summed E-state index contributed by atoms with van der Waals surface area (Å²) < 4.78 is 43.4. The summed E-state index contributed by atoms with van der Waals surface area (Å²) in [5, 5.41) is 34.2. The van der Waals surface area contributed by atoms with Crippen LogP contribution in [0.3, 0.4) is 0 Å². The Balaban J connectivity index is 0.000000240. The van der Waals surface area contributed by atoms with Crippen LogP contribution in [-0.4, -0.2) is 32.9 Å². The van der Waals surface area contributed by atoms with E-state index in [4.69, 9.17) is 10.5 Å². The van der Waals surface area contributed by atoms with Gasteiger partial charge in [-0.25, -0.2) is 9.97 Å². The molecule has 0 atom stereocenters. The van der Waals surface area contributed by atoms with Gasteiger partial charge in [0.2, 0.25) is 5.95 Å². The fourth-order valence-corrected chi connectivity index (χ4v) is 4.48. The number of nitrogens with one attached hydrogen (secondary N) is 2. The number of halogens is 3. The second-order valence-electron chi connectivity index (χ2n) is 7.98. The number of benzene rings is 3. The fourth-order valence-electron chi connectivity index (χ4n) is 3.60. The van der Waals surface area contributed by atoms with Gasteiger partial charge in [-0.3, -0.25) is 10.1 Å². The van der Waals surface area contributed by atoms with Crippen molar-refractivity contribution in [2.24, 2.45) is 7.05 Å². The number of nitro benzene ring substituents is 1. The molecule has 15 heteroatoms. The molecule has 0 saturated carbocycles. The number of aryl methyl sites for hydroxylation is 1. The number of hydrogen-bond donors (Lipinski definition) is 2. The van der Waals surface area contributed by atoms with Crippen molar-refractivity contribution < 1.29 is 22.8 Å². The van der Waals surface area contributed by atoms with Crippen LogP contribution in [0.15, 0.2) is 54.6 Å². The van der Waals surface area contributed by atoms with Crippen molar-refractivity contribution in [3.05, 3.63) is 75.8 Å². The molecule has 0 unspecified atom stereocenters. The maximum atomic E-state index is 12.4. The molecule has 11 nitrogen and oxygen atoms in total. The van der Waals surface area contributed by atoms with Crippen LogP contribution in [-0.2, 0) is 7.05 Å². The molecule has 0 saturated heterocycles. The minimum absolute atomic E-state index is 0.0819. The highest BCUT2D eigenvalue weighted by Gasteiger charge is 2.31. The number of hydrogen-bond acceptors (Lipinski definition) is 10. The van der Waals surface area contributed by atoms with Gasteiger partial charge in [-0.05, 0) is 42.5 Å². The number of imidazole rings is 1. The van der Waals surface area contributed by atoms with Crippen LogP contribution in [0.4, 0.5) is 35.6 Å². The van der Waals surface area contributed by atoms with Gasteiger partial charge >= 0.3 is 6.36 Å². The first-order valence-electron chi connectivity index (χ1n) is 11.2. The number of alkyl halides is 3. The van der Waals surface area contributed by atoms with E-state index in [1.54, 1.807) is 29.8 Å². The summed E-state index contributed by atoms with van der Waals surface area (Å²) in [6.45, 7) is 0. The molecule has 0 bridgehead atoms. The van der Waals surface area contributed by atoms with Gasteiger partial charge in [0.15, 0.2) is 5.13 Å². The largest absolute Gasteiger partial charge is 0.573 e. The van der Waals surface area contributed by atoms with Crippen LogP contribution in [0, 0.1) is 32.8 Å². The predicted molar refractivity (Wildman–Crippen MR) is 142 cm³/mol. The van der Waals surface area contributed by atoms with Crippen molar-refractivity contribution in [1.29, 1.82) is 10.5 Å². The number of nitrogens with zero attached hydrogens (tertiary/aromatic N) is 6. The summed E-state index contributed by atoms with van der Waals surface area (Å²) >= 11 is 1.18. The third-order valence-corrected chi connectivity index (χ3v) is 6.35. The number of nitriles is 2. The quantitative estimate of drug-likeness (QED) is 0.187. The van der Waals surface area contributed by atoms with Crippen LogP contribution in [0.5, 0.6) is 5.75 Å². The summed E-state index contributed by atoms with van der Waals surface area (Å²) in [4.78, 5) is 18.8. The first-order valence-corrected chi connectivity index (χ1v) is 12.0. The number of ether oxygens (including phenoxy) is 1. The Morgan fingerprint density at radius 3 is 2.38 bits per heavy atom. The average Bonchev–Trinajstić information content (AvgIpc) is 3.46. The third kappa shape index (κ3) is 6.17. The van der Waals surface area contributed by atoms with Gasteiger partial charge < -0.3 is 19.9 Å². The lowest BCUT2D eigenvalue weighted by Crippen LogP contribution is -2.16. The summed E-state index contributed by atoms with van der Waals surface area (Å²) in [5.74, 6) is 0.211. The predicted octanol–water partition coefficient (Wildman–Crippen LogP) is 6.21. The molecule has 2 aromatic heterocycles. The fraction of sp³-hybridized carbons (Fsp3) is 0.120. The Morgan fingerprint density at radius 1 is 1.02 bits per heavy atom. The van der Waals surface area contributed by atoms with Gasteiger partial charge in [0.05, 0.1) is 49.4 Å². The standard InChI is InChI=1S/C17H10F3N5OS.C8H7N3O2/c1-25-13-5-2-9(8-21)6-12(13)22-15(25)24-16-23-11-4-3-10(7-14(11)27-16)26-17(18,19)20;1-10-7-3-2-6(5-9)4-8(7)11(12)13/h2-7H,1H3,(H,22,23,24);2-4,10H,1H3. The number of fused-ring (bicyclic) bond motifs is 2. The number of aromatic nitrogens is 3. The van der Waals surface area contributed by atoms with Crippen molar-refractivity contribution in [1.82, 2.24) is 14.5 Å². The lowest BCUT2D eigenvalue weighted by atomic mass is 10.2. The highest BCUT2D eigenvalue weighted by molar-refractivity contribution is 7.22. The van der Waals surface area contributed by atoms with E-state index in [2.05, 4.69) is 31.4 Å². The summed E-state index contributed by atoms with van der Waals surface area (Å²) in [7, 11) is 3.40. The van der Waals surface area contributed by atoms with E-state index in [0.717, 1.165) is 5.52 Å². The zero-order valence-electron chi connectivity index (χ0n) is 20.6. The Kier molecular flexibility index (Phi) is 7.69. The Labute approximate surface area is 227 Å². The first kappa shape index (κ1) is 27.6. The topological polar surface area (TPSA) is 155 Å². The molecule has 0 aliphatic rings. The third-order valence-electron chi connectivity index (χ3n) is 5.42. The summed E-state index contributed by atoms with van der Waals surface area (Å²) in [6, 6.07) is 17.3. The minimum atomic E-state index is -4.74. The zero-order valence-corrected chi connectivity index (χ0v) is 21.5. The van der Waals surface area contributed by atoms with E-state index >= 15 is 0 Å². The van der Waals surface area contributed by atoms with E-state index in [9.17, 15) is 23.3 Å². The lowest BCUT2D eigenvalue weighted by Gasteiger charge is -2.07. The van der Waals surface area contributed by atoms with E-state index in [-0.39, 0.29) is 17.0 Å². The molecule has 0 fully saturated rings. The molecule has 40 heavy (non-hydrogen) atoms. The molecule has 5 rings (SSSR count). The monoisotopic (exact) mass is 566 g/mol. The van der Waals surface area contributed by atoms with Crippen LogP contribution < -0.4 is 15.4 Å². The molecule has 0 aliphatic heterocycles. The molecule has 0 spiro atoms. The molecule has 0 radical (unpaired) electrons. The van der Waals surface area contributed by atoms with Crippen molar-refractivity contribution in [2.75, 3.05) is 17.7 Å². The van der Waals surface area contributed by atoms with Crippen LogP contribution >= 0.6 is 11.3 Å². The molecule has 0 amide bonds. The Morgan fingerprint density at radius 2 is 1.73 bits per heavy atom. The highest BCUT2D eigenvalue weighted by atomic mass is 32.1. The van der Waals surface area contributed by atoms with Gasteiger partial charge in [-0.15, -0.1) is 13.2 Å². The Bertz CT molecular complexity index is 1820. The molecular formula is C25H17F3N8O3S. The number of anilines is 3. The molecule has 0 aliphatic carbocycles. The molecular weight excluding hydrogens is 549 g/mol. The smallest absolute Gasteiger partial charge is 0.406 e.